The van der Waals surface area contributed by atoms with Gasteiger partial charge < -0.3 is 16.4 Å². The molecule has 0 heterocycles. The van der Waals surface area contributed by atoms with E-state index in [0.29, 0.717) is 13.1 Å². The highest BCUT2D eigenvalue weighted by Crippen LogP contribution is 2.28. The van der Waals surface area contributed by atoms with Crippen LogP contribution in [-0.4, -0.2) is 31.4 Å². The van der Waals surface area contributed by atoms with Crippen LogP contribution in [0.2, 0.25) is 0 Å². The van der Waals surface area contributed by atoms with Crippen molar-refractivity contribution in [2.75, 3.05) is 19.6 Å². The predicted octanol–water partition coefficient (Wildman–Crippen LogP) is 0.371. The van der Waals surface area contributed by atoms with Crippen molar-refractivity contribution in [2.45, 2.75) is 18.8 Å². The molecule has 0 bridgehead atoms. The molecule has 0 saturated heterocycles. The lowest BCUT2D eigenvalue weighted by molar-refractivity contribution is -0.124. The first-order valence-electron chi connectivity index (χ1n) is 7.03. The van der Waals surface area contributed by atoms with Crippen LogP contribution in [0.3, 0.4) is 0 Å². The lowest BCUT2D eigenvalue weighted by Crippen LogP contribution is -2.39. The molecule has 0 aliphatic heterocycles. The molecule has 108 valence electrons. The molecule has 1 aliphatic carbocycles. The summed E-state index contributed by atoms with van der Waals surface area (Å²) in [6, 6.07) is 9.47. The molecule has 1 saturated carbocycles. The fraction of sp³-hybridized carbons (Fsp3) is 0.467. The van der Waals surface area contributed by atoms with E-state index in [1.165, 1.54) is 0 Å². The molecule has 5 heteroatoms. The molecule has 1 unspecified atom stereocenters. The molecule has 1 fully saturated rings. The highest BCUT2D eigenvalue weighted by Gasteiger charge is 2.29. The minimum Gasteiger partial charge on any atom is -0.354 e. The Bertz CT molecular complexity index is 457. The summed E-state index contributed by atoms with van der Waals surface area (Å²) in [5.41, 5.74) is 6.59. The Morgan fingerprint density at radius 1 is 1.15 bits per heavy atom. The lowest BCUT2D eigenvalue weighted by Gasteiger charge is -2.15. The van der Waals surface area contributed by atoms with Gasteiger partial charge in [-0.15, -0.1) is 0 Å². The molecule has 0 spiro atoms. The van der Waals surface area contributed by atoms with Crippen LogP contribution in [0, 0.1) is 5.92 Å². The maximum absolute atomic E-state index is 12.1. The second-order valence-electron chi connectivity index (χ2n) is 5.06. The quantitative estimate of drug-likeness (QED) is 0.629. The number of carbonyl (C=O) groups excluding carboxylic acids is 2. The number of amides is 2. The molecular formula is C15H21N3O2. The zero-order valence-electron chi connectivity index (χ0n) is 11.5. The Kier molecular flexibility index (Phi) is 5.12. The van der Waals surface area contributed by atoms with E-state index in [1.807, 2.05) is 30.3 Å². The number of carbonyl (C=O) groups is 2. The second-order valence-corrected chi connectivity index (χ2v) is 5.06. The first-order valence-corrected chi connectivity index (χ1v) is 7.03. The summed E-state index contributed by atoms with van der Waals surface area (Å²) >= 11 is 0. The zero-order chi connectivity index (χ0) is 14.4. The Labute approximate surface area is 118 Å². The van der Waals surface area contributed by atoms with Gasteiger partial charge in [-0.25, -0.2) is 0 Å². The number of hydrogen-bond donors (Lipinski definition) is 3. The summed E-state index contributed by atoms with van der Waals surface area (Å²) in [5.74, 6) is -0.140. The summed E-state index contributed by atoms with van der Waals surface area (Å²) in [5, 5.41) is 5.62. The van der Waals surface area contributed by atoms with Gasteiger partial charge in [-0.2, -0.15) is 0 Å². The van der Waals surface area contributed by atoms with Gasteiger partial charge in [-0.1, -0.05) is 30.3 Å². The van der Waals surface area contributed by atoms with Crippen molar-refractivity contribution < 1.29 is 9.59 Å². The second kappa shape index (κ2) is 7.05. The molecule has 1 aromatic carbocycles. The number of nitrogens with two attached hydrogens (primary N) is 1. The van der Waals surface area contributed by atoms with Crippen molar-refractivity contribution in [3.63, 3.8) is 0 Å². The summed E-state index contributed by atoms with van der Waals surface area (Å²) in [4.78, 5) is 23.5. The van der Waals surface area contributed by atoms with Crippen LogP contribution < -0.4 is 16.4 Å². The predicted molar refractivity (Wildman–Crippen MR) is 77.0 cm³/mol. The van der Waals surface area contributed by atoms with E-state index in [2.05, 4.69) is 10.6 Å². The van der Waals surface area contributed by atoms with Crippen LogP contribution in [0.4, 0.5) is 0 Å². The van der Waals surface area contributed by atoms with E-state index >= 15 is 0 Å². The summed E-state index contributed by atoms with van der Waals surface area (Å²) in [6.07, 6.45) is 1.98. The fourth-order valence-electron chi connectivity index (χ4n) is 2.06. The van der Waals surface area contributed by atoms with Crippen LogP contribution in [-0.2, 0) is 9.59 Å². The summed E-state index contributed by atoms with van der Waals surface area (Å²) in [7, 11) is 0. The summed E-state index contributed by atoms with van der Waals surface area (Å²) < 4.78 is 0. The Morgan fingerprint density at radius 2 is 1.80 bits per heavy atom. The van der Waals surface area contributed by atoms with Gasteiger partial charge in [0.25, 0.3) is 0 Å². The molecule has 1 aromatic rings. The van der Waals surface area contributed by atoms with Gasteiger partial charge >= 0.3 is 0 Å². The molecule has 2 rings (SSSR count). The molecule has 5 nitrogen and oxygen atoms in total. The van der Waals surface area contributed by atoms with E-state index in [-0.39, 0.29) is 30.2 Å². The molecular weight excluding hydrogens is 254 g/mol. The Morgan fingerprint density at radius 3 is 2.40 bits per heavy atom. The van der Waals surface area contributed by atoms with Gasteiger partial charge in [-0.3, -0.25) is 9.59 Å². The largest absolute Gasteiger partial charge is 0.354 e. The first kappa shape index (κ1) is 14.5. The van der Waals surface area contributed by atoms with Crippen LogP contribution >= 0.6 is 0 Å². The van der Waals surface area contributed by atoms with Gasteiger partial charge in [0.1, 0.15) is 0 Å². The average molecular weight is 275 g/mol. The third kappa shape index (κ3) is 4.06. The molecule has 0 aromatic heterocycles. The van der Waals surface area contributed by atoms with E-state index < -0.39 is 0 Å². The van der Waals surface area contributed by atoms with E-state index in [0.717, 1.165) is 18.4 Å². The molecule has 1 aliphatic rings. The van der Waals surface area contributed by atoms with Crippen molar-refractivity contribution in [2.24, 2.45) is 11.7 Å². The fourth-order valence-corrected chi connectivity index (χ4v) is 2.06. The highest BCUT2D eigenvalue weighted by molar-refractivity contribution is 5.84. The Balaban J connectivity index is 1.73. The average Bonchev–Trinajstić information content (AvgIpc) is 3.30. The van der Waals surface area contributed by atoms with Gasteiger partial charge in [0, 0.05) is 25.6 Å². The van der Waals surface area contributed by atoms with Gasteiger partial charge in [0.15, 0.2) is 0 Å². The zero-order valence-corrected chi connectivity index (χ0v) is 11.5. The van der Waals surface area contributed by atoms with Crippen molar-refractivity contribution in [3.05, 3.63) is 35.9 Å². The minimum atomic E-state index is -0.338. The number of nitrogens with one attached hydrogen (secondary N) is 2. The van der Waals surface area contributed by atoms with E-state index in [4.69, 9.17) is 5.73 Å². The first-order chi connectivity index (χ1) is 9.72. The van der Waals surface area contributed by atoms with Crippen molar-refractivity contribution in [1.82, 2.24) is 10.6 Å². The molecule has 2 amide bonds. The molecule has 0 radical (unpaired) electrons. The third-order valence-electron chi connectivity index (χ3n) is 3.43. The van der Waals surface area contributed by atoms with Crippen LogP contribution in [0.15, 0.2) is 30.3 Å². The van der Waals surface area contributed by atoms with Crippen molar-refractivity contribution in [1.29, 1.82) is 0 Å². The van der Waals surface area contributed by atoms with Gasteiger partial charge in [0.05, 0.1) is 5.92 Å². The van der Waals surface area contributed by atoms with Crippen molar-refractivity contribution in [3.8, 4) is 0 Å². The highest BCUT2D eigenvalue weighted by atomic mass is 16.2. The molecule has 4 N–H and O–H groups in total. The molecule has 20 heavy (non-hydrogen) atoms. The maximum atomic E-state index is 12.1. The topological polar surface area (TPSA) is 84.2 Å². The number of rotatable bonds is 7. The Hall–Kier alpha value is -1.88. The third-order valence-corrected chi connectivity index (χ3v) is 3.43. The van der Waals surface area contributed by atoms with Gasteiger partial charge in [-0.05, 0) is 18.4 Å². The standard InChI is InChI=1S/C15H21N3O2/c16-10-13(11-4-2-1-3-5-11)15(20)18-9-8-17-14(19)12-6-7-12/h1-5,12-13H,6-10,16H2,(H,17,19)(H,18,20). The van der Waals surface area contributed by atoms with Crippen molar-refractivity contribution >= 4 is 11.8 Å². The SMILES string of the molecule is NCC(C(=O)NCCNC(=O)C1CC1)c1ccccc1. The van der Waals surface area contributed by atoms with Crippen LogP contribution in [0.25, 0.3) is 0 Å². The smallest absolute Gasteiger partial charge is 0.228 e. The van der Waals surface area contributed by atoms with Crippen LogP contribution in [0.5, 0.6) is 0 Å². The lowest BCUT2D eigenvalue weighted by atomic mass is 9.98. The molecule has 1 atom stereocenters. The maximum Gasteiger partial charge on any atom is 0.228 e. The van der Waals surface area contributed by atoms with Gasteiger partial charge in [0.2, 0.25) is 11.8 Å². The minimum absolute atomic E-state index is 0.0951. The number of hydrogen-bond acceptors (Lipinski definition) is 3. The monoisotopic (exact) mass is 275 g/mol. The van der Waals surface area contributed by atoms with E-state index in [9.17, 15) is 9.59 Å². The van der Waals surface area contributed by atoms with E-state index in [1.54, 1.807) is 0 Å². The normalized spacial score (nSPS) is 15.4. The van der Waals surface area contributed by atoms with Crippen LogP contribution in [0.1, 0.15) is 24.3 Å². The number of benzene rings is 1. The summed E-state index contributed by atoms with van der Waals surface area (Å²) in [6.45, 7) is 1.16.